The fraction of sp³-hybridized carbons (Fsp3) is 0.118. The maximum Gasteiger partial charge on any atom is 0.0410 e. The van der Waals surface area contributed by atoms with E-state index in [4.69, 9.17) is 5.73 Å². The molecule has 0 amide bonds. The standard InChI is InChI=1S/C17H16N2S/c1-11-4-3-5-13(8-11)20-17-7-6-16(18)15-10-19-12(2)9-14(15)17/h3-10H,18H2,1-2H3. The van der Waals surface area contributed by atoms with E-state index in [1.807, 2.05) is 19.2 Å². The van der Waals surface area contributed by atoms with Gasteiger partial charge in [0.15, 0.2) is 0 Å². The summed E-state index contributed by atoms with van der Waals surface area (Å²) in [6.45, 7) is 4.11. The summed E-state index contributed by atoms with van der Waals surface area (Å²) in [6.07, 6.45) is 1.86. The number of fused-ring (bicyclic) bond motifs is 1. The van der Waals surface area contributed by atoms with Gasteiger partial charge in [0.1, 0.15) is 0 Å². The average Bonchev–Trinajstić information content (AvgIpc) is 2.42. The van der Waals surface area contributed by atoms with Crippen molar-refractivity contribution in [2.45, 2.75) is 23.6 Å². The topological polar surface area (TPSA) is 38.9 Å². The highest BCUT2D eigenvalue weighted by Crippen LogP contribution is 2.35. The first-order chi connectivity index (χ1) is 9.63. The average molecular weight is 280 g/mol. The molecule has 0 saturated carbocycles. The Morgan fingerprint density at radius 1 is 1.00 bits per heavy atom. The van der Waals surface area contributed by atoms with E-state index in [0.717, 1.165) is 16.8 Å². The van der Waals surface area contributed by atoms with E-state index in [0.29, 0.717) is 0 Å². The van der Waals surface area contributed by atoms with Gasteiger partial charge in [-0.2, -0.15) is 0 Å². The minimum absolute atomic E-state index is 0.779. The first-order valence-electron chi connectivity index (χ1n) is 6.53. The van der Waals surface area contributed by atoms with Crippen molar-refractivity contribution >= 4 is 28.2 Å². The Morgan fingerprint density at radius 3 is 2.65 bits per heavy atom. The SMILES string of the molecule is Cc1cccc(Sc2ccc(N)c3cnc(C)cc23)c1. The summed E-state index contributed by atoms with van der Waals surface area (Å²) in [4.78, 5) is 6.80. The third-order valence-corrected chi connectivity index (χ3v) is 4.31. The number of rotatable bonds is 2. The summed E-state index contributed by atoms with van der Waals surface area (Å²) in [5.74, 6) is 0. The number of aryl methyl sites for hydroxylation is 2. The lowest BCUT2D eigenvalue weighted by molar-refractivity contribution is 1.22. The Labute approximate surface area is 123 Å². The summed E-state index contributed by atoms with van der Waals surface area (Å²) in [5.41, 5.74) is 9.10. The second-order valence-electron chi connectivity index (χ2n) is 4.94. The molecule has 2 nitrogen and oxygen atoms in total. The number of nitrogens with zero attached hydrogens (tertiary/aromatic N) is 1. The summed E-state index contributed by atoms with van der Waals surface area (Å²) in [7, 11) is 0. The van der Waals surface area contributed by atoms with Crippen molar-refractivity contribution in [2.24, 2.45) is 0 Å². The van der Waals surface area contributed by atoms with Gasteiger partial charge in [0.25, 0.3) is 0 Å². The van der Waals surface area contributed by atoms with Crippen LogP contribution in [0.5, 0.6) is 0 Å². The van der Waals surface area contributed by atoms with Gasteiger partial charge in [-0.05, 0) is 44.2 Å². The molecule has 0 aliphatic heterocycles. The smallest absolute Gasteiger partial charge is 0.0410 e. The van der Waals surface area contributed by atoms with Crippen molar-refractivity contribution in [3.05, 3.63) is 59.9 Å². The lowest BCUT2D eigenvalue weighted by Crippen LogP contribution is -1.91. The van der Waals surface area contributed by atoms with Crippen LogP contribution in [0, 0.1) is 13.8 Å². The van der Waals surface area contributed by atoms with Crippen LogP contribution in [-0.4, -0.2) is 4.98 Å². The highest BCUT2D eigenvalue weighted by molar-refractivity contribution is 7.99. The molecule has 0 bridgehead atoms. The quantitative estimate of drug-likeness (QED) is 0.698. The molecule has 100 valence electrons. The molecular weight excluding hydrogens is 264 g/mol. The van der Waals surface area contributed by atoms with E-state index in [1.165, 1.54) is 20.7 Å². The van der Waals surface area contributed by atoms with Crippen molar-refractivity contribution < 1.29 is 0 Å². The molecule has 0 unspecified atom stereocenters. The molecule has 0 aliphatic rings. The molecule has 2 N–H and O–H groups in total. The van der Waals surface area contributed by atoms with Gasteiger partial charge in [-0.15, -0.1) is 0 Å². The fourth-order valence-electron chi connectivity index (χ4n) is 2.23. The number of hydrogen-bond acceptors (Lipinski definition) is 3. The lowest BCUT2D eigenvalue weighted by Gasteiger charge is -2.09. The molecule has 0 fully saturated rings. The first kappa shape index (κ1) is 13.0. The van der Waals surface area contributed by atoms with Gasteiger partial charge in [-0.3, -0.25) is 4.98 Å². The predicted octanol–water partition coefficient (Wildman–Crippen LogP) is 4.59. The van der Waals surface area contributed by atoms with Gasteiger partial charge in [-0.25, -0.2) is 0 Å². The number of pyridine rings is 1. The van der Waals surface area contributed by atoms with Crippen LogP contribution in [0.15, 0.2) is 58.5 Å². The number of benzene rings is 2. The molecular formula is C17H16N2S. The molecule has 1 heterocycles. The normalized spacial score (nSPS) is 10.9. The van der Waals surface area contributed by atoms with Crippen molar-refractivity contribution in [1.82, 2.24) is 4.98 Å². The van der Waals surface area contributed by atoms with Crippen LogP contribution < -0.4 is 5.73 Å². The molecule has 1 aromatic heterocycles. The van der Waals surface area contributed by atoms with Crippen LogP contribution >= 0.6 is 11.8 Å². The van der Waals surface area contributed by atoms with Gasteiger partial charge in [0.05, 0.1) is 0 Å². The molecule has 0 aliphatic carbocycles. The van der Waals surface area contributed by atoms with E-state index < -0.39 is 0 Å². The van der Waals surface area contributed by atoms with Crippen LogP contribution in [0.1, 0.15) is 11.3 Å². The largest absolute Gasteiger partial charge is 0.398 e. The molecule has 3 heteroatoms. The first-order valence-corrected chi connectivity index (χ1v) is 7.34. The molecule has 0 spiro atoms. The molecule has 3 rings (SSSR count). The highest BCUT2D eigenvalue weighted by atomic mass is 32.2. The second-order valence-corrected chi connectivity index (χ2v) is 6.06. The monoisotopic (exact) mass is 280 g/mol. The Morgan fingerprint density at radius 2 is 1.85 bits per heavy atom. The van der Waals surface area contributed by atoms with E-state index in [1.54, 1.807) is 11.8 Å². The molecule has 0 radical (unpaired) electrons. The molecule has 0 atom stereocenters. The van der Waals surface area contributed by atoms with Crippen LogP contribution in [0.4, 0.5) is 5.69 Å². The second kappa shape index (κ2) is 5.17. The zero-order valence-corrected chi connectivity index (χ0v) is 12.4. The summed E-state index contributed by atoms with van der Waals surface area (Å²) >= 11 is 1.77. The van der Waals surface area contributed by atoms with Crippen LogP contribution in [-0.2, 0) is 0 Å². The zero-order valence-electron chi connectivity index (χ0n) is 11.6. The van der Waals surface area contributed by atoms with E-state index in [-0.39, 0.29) is 0 Å². The summed E-state index contributed by atoms with van der Waals surface area (Å²) < 4.78 is 0. The lowest BCUT2D eigenvalue weighted by atomic mass is 10.1. The fourth-order valence-corrected chi connectivity index (χ4v) is 3.29. The summed E-state index contributed by atoms with van der Waals surface area (Å²) in [6, 6.07) is 14.7. The van der Waals surface area contributed by atoms with Crippen LogP contribution in [0.3, 0.4) is 0 Å². The van der Waals surface area contributed by atoms with Crippen molar-refractivity contribution in [3.8, 4) is 0 Å². The van der Waals surface area contributed by atoms with Crippen molar-refractivity contribution in [1.29, 1.82) is 0 Å². The number of nitrogen functional groups attached to an aromatic ring is 1. The van der Waals surface area contributed by atoms with Gasteiger partial charge in [-0.1, -0.05) is 29.5 Å². The van der Waals surface area contributed by atoms with Gasteiger partial charge < -0.3 is 5.73 Å². The number of anilines is 1. The van der Waals surface area contributed by atoms with Crippen molar-refractivity contribution in [2.75, 3.05) is 5.73 Å². The number of nitrogens with two attached hydrogens (primary N) is 1. The van der Waals surface area contributed by atoms with Crippen LogP contribution in [0.2, 0.25) is 0 Å². The molecule has 2 aromatic carbocycles. The minimum Gasteiger partial charge on any atom is -0.398 e. The Kier molecular flexibility index (Phi) is 3.36. The minimum atomic E-state index is 0.779. The summed E-state index contributed by atoms with van der Waals surface area (Å²) in [5, 5.41) is 2.19. The third kappa shape index (κ3) is 2.49. The molecule has 20 heavy (non-hydrogen) atoms. The maximum atomic E-state index is 6.04. The predicted molar refractivity (Wildman–Crippen MR) is 86.2 cm³/mol. The third-order valence-electron chi connectivity index (χ3n) is 3.25. The van der Waals surface area contributed by atoms with Gasteiger partial charge in [0.2, 0.25) is 0 Å². The Bertz CT molecular complexity index is 781. The van der Waals surface area contributed by atoms with Crippen molar-refractivity contribution in [3.63, 3.8) is 0 Å². The van der Waals surface area contributed by atoms with E-state index in [2.05, 4.69) is 48.3 Å². The molecule has 0 saturated heterocycles. The van der Waals surface area contributed by atoms with Gasteiger partial charge in [0, 0.05) is 38.1 Å². The molecule has 3 aromatic rings. The highest BCUT2D eigenvalue weighted by Gasteiger charge is 2.07. The maximum absolute atomic E-state index is 6.04. The number of aromatic nitrogens is 1. The Hall–Kier alpha value is -2.00. The Balaban J connectivity index is 2.12. The van der Waals surface area contributed by atoms with Crippen LogP contribution in [0.25, 0.3) is 10.8 Å². The zero-order chi connectivity index (χ0) is 14.1. The van der Waals surface area contributed by atoms with E-state index in [9.17, 15) is 0 Å². The number of hydrogen-bond donors (Lipinski definition) is 1. The van der Waals surface area contributed by atoms with E-state index >= 15 is 0 Å². The van der Waals surface area contributed by atoms with Gasteiger partial charge >= 0.3 is 0 Å².